The minimum Gasteiger partial charge on any atom is -0.211 e. The Morgan fingerprint density at radius 3 is 2.44 bits per heavy atom. The predicted molar refractivity (Wildman–Crippen MR) is 48.7 cm³/mol. The molecule has 0 unspecified atom stereocenters. The van der Waals surface area contributed by atoms with E-state index in [1.54, 1.807) is 0 Å². The third-order valence-corrected chi connectivity index (χ3v) is 1.93. The molecule has 0 fully saturated rings. The lowest BCUT2D eigenvalue weighted by Crippen LogP contribution is -2.08. The zero-order chi connectivity index (χ0) is 12.3. The van der Waals surface area contributed by atoms with Crippen molar-refractivity contribution >= 4 is 11.8 Å². The van der Waals surface area contributed by atoms with Gasteiger partial charge in [0.2, 0.25) is 6.08 Å². The van der Waals surface area contributed by atoms with Crippen molar-refractivity contribution in [3.8, 4) is 6.07 Å². The van der Waals surface area contributed by atoms with Crippen molar-refractivity contribution < 1.29 is 18.0 Å². The number of hydrogen-bond donors (Lipinski definition) is 0. The molecule has 0 heterocycles. The molecule has 0 N–H and O–H groups in total. The lowest BCUT2D eigenvalue weighted by atomic mass is 10.0. The molecule has 0 aromatic heterocycles. The first kappa shape index (κ1) is 12.0. The van der Waals surface area contributed by atoms with Gasteiger partial charge < -0.3 is 0 Å². The van der Waals surface area contributed by atoms with Crippen molar-refractivity contribution in [2.45, 2.75) is 13.1 Å². The lowest BCUT2D eigenvalue weighted by molar-refractivity contribution is -0.137. The molecule has 0 radical (unpaired) electrons. The number of aliphatic imine (C=N–C) groups is 1. The van der Waals surface area contributed by atoms with Crippen LogP contribution in [0.3, 0.4) is 0 Å². The van der Waals surface area contributed by atoms with E-state index in [4.69, 9.17) is 5.26 Å². The van der Waals surface area contributed by atoms with Gasteiger partial charge >= 0.3 is 6.18 Å². The third kappa shape index (κ3) is 2.27. The predicted octanol–water partition coefficient (Wildman–Crippen LogP) is 2.85. The van der Waals surface area contributed by atoms with Crippen LogP contribution in [0.5, 0.6) is 0 Å². The van der Waals surface area contributed by atoms with E-state index in [0.717, 1.165) is 6.07 Å². The molecule has 0 saturated carbocycles. The second-order valence-corrected chi connectivity index (χ2v) is 3.00. The zero-order valence-electron chi connectivity index (χ0n) is 8.09. The second kappa shape index (κ2) is 4.17. The Hall–Kier alpha value is -2.12. The molecule has 0 aliphatic rings. The van der Waals surface area contributed by atoms with Crippen molar-refractivity contribution in [3.05, 3.63) is 28.8 Å². The molecule has 0 aliphatic heterocycles. The van der Waals surface area contributed by atoms with Crippen LogP contribution in [-0.2, 0) is 11.0 Å². The Kier molecular flexibility index (Phi) is 3.11. The molecule has 0 aliphatic carbocycles. The fourth-order valence-corrected chi connectivity index (χ4v) is 1.19. The van der Waals surface area contributed by atoms with Gasteiger partial charge in [0.25, 0.3) is 0 Å². The Balaban J connectivity index is 3.54. The smallest absolute Gasteiger partial charge is 0.211 e. The van der Waals surface area contributed by atoms with Gasteiger partial charge in [0, 0.05) is 0 Å². The average Bonchev–Trinajstić information content (AvgIpc) is 2.19. The number of alkyl halides is 3. The summed E-state index contributed by atoms with van der Waals surface area (Å²) in [5.74, 6) is 0. The maximum absolute atomic E-state index is 12.5. The SMILES string of the molecule is Cc1cc(C#N)c(C(F)(F)F)cc1N=C=O. The summed E-state index contributed by atoms with van der Waals surface area (Å²) in [4.78, 5) is 13.1. The van der Waals surface area contributed by atoms with Crippen LogP contribution in [0, 0.1) is 18.3 Å². The summed E-state index contributed by atoms with van der Waals surface area (Å²) in [5, 5.41) is 8.57. The summed E-state index contributed by atoms with van der Waals surface area (Å²) in [6, 6.07) is 3.16. The fraction of sp³-hybridized carbons (Fsp3) is 0.200. The van der Waals surface area contributed by atoms with Gasteiger partial charge in [0.15, 0.2) is 0 Å². The number of nitrogens with zero attached hydrogens (tertiary/aromatic N) is 2. The number of aryl methyl sites for hydroxylation is 1. The first-order chi connectivity index (χ1) is 7.40. The van der Waals surface area contributed by atoms with Crippen LogP contribution in [0.2, 0.25) is 0 Å². The summed E-state index contributed by atoms with van der Waals surface area (Å²) < 4.78 is 37.5. The van der Waals surface area contributed by atoms with E-state index in [9.17, 15) is 18.0 Å². The van der Waals surface area contributed by atoms with Gasteiger partial charge in [-0.1, -0.05) is 0 Å². The van der Waals surface area contributed by atoms with Crippen molar-refractivity contribution in [2.75, 3.05) is 0 Å². The summed E-state index contributed by atoms with van der Waals surface area (Å²) in [6.45, 7) is 1.46. The van der Waals surface area contributed by atoms with Crippen molar-refractivity contribution in [1.29, 1.82) is 5.26 Å². The number of isocyanates is 1. The highest BCUT2D eigenvalue weighted by atomic mass is 19.4. The van der Waals surface area contributed by atoms with Crippen LogP contribution in [-0.4, -0.2) is 6.08 Å². The van der Waals surface area contributed by atoms with E-state index in [1.807, 2.05) is 0 Å². The number of benzene rings is 1. The average molecular weight is 226 g/mol. The van der Waals surface area contributed by atoms with Gasteiger partial charge in [-0.25, -0.2) is 4.79 Å². The molecule has 16 heavy (non-hydrogen) atoms. The van der Waals surface area contributed by atoms with Crippen LogP contribution in [0.4, 0.5) is 18.9 Å². The van der Waals surface area contributed by atoms with Crippen molar-refractivity contribution in [3.63, 3.8) is 0 Å². The molecular formula is C10H5F3N2O. The molecule has 0 atom stereocenters. The van der Waals surface area contributed by atoms with E-state index < -0.39 is 17.3 Å². The van der Waals surface area contributed by atoms with Crippen LogP contribution in [0.1, 0.15) is 16.7 Å². The van der Waals surface area contributed by atoms with Crippen molar-refractivity contribution in [2.24, 2.45) is 4.99 Å². The Bertz CT molecular complexity index is 508. The van der Waals surface area contributed by atoms with E-state index in [0.29, 0.717) is 11.6 Å². The van der Waals surface area contributed by atoms with E-state index in [2.05, 4.69) is 4.99 Å². The van der Waals surface area contributed by atoms with E-state index in [1.165, 1.54) is 19.1 Å². The zero-order valence-corrected chi connectivity index (χ0v) is 8.09. The Labute approximate surface area is 88.8 Å². The number of nitriles is 1. The van der Waals surface area contributed by atoms with Gasteiger partial charge in [-0.3, -0.25) is 0 Å². The van der Waals surface area contributed by atoms with Gasteiger partial charge in [-0.15, -0.1) is 0 Å². The second-order valence-electron chi connectivity index (χ2n) is 3.00. The van der Waals surface area contributed by atoms with Crippen LogP contribution in [0.15, 0.2) is 17.1 Å². The van der Waals surface area contributed by atoms with Crippen LogP contribution < -0.4 is 0 Å². The molecule has 1 aromatic carbocycles. The molecule has 1 rings (SSSR count). The number of carbonyl (C=O) groups excluding carboxylic acids is 1. The highest BCUT2D eigenvalue weighted by Gasteiger charge is 2.34. The monoisotopic (exact) mass is 226 g/mol. The summed E-state index contributed by atoms with van der Waals surface area (Å²) >= 11 is 0. The Morgan fingerprint density at radius 1 is 1.38 bits per heavy atom. The maximum atomic E-state index is 12.5. The number of halogens is 3. The molecule has 0 saturated heterocycles. The van der Waals surface area contributed by atoms with Gasteiger partial charge in [0.05, 0.1) is 22.9 Å². The molecule has 0 amide bonds. The van der Waals surface area contributed by atoms with Gasteiger partial charge in [0.1, 0.15) is 0 Å². The standard InChI is InChI=1S/C10H5F3N2O/c1-6-2-7(4-14)8(10(11,12)13)3-9(6)15-5-16/h2-3H,1H3. The lowest BCUT2D eigenvalue weighted by Gasteiger charge is -2.10. The molecule has 82 valence electrons. The first-order valence-corrected chi connectivity index (χ1v) is 4.10. The molecular weight excluding hydrogens is 221 g/mol. The van der Waals surface area contributed by atoms with E-state index in [-0.39, 0.29) is 5.69 Å². The molecule has 0 spiro atoms. The normalized spacial score (nSPS) is 10.4. The molecule has 1 aromatic rings. The minimum absolute atomic E-state index is 0.138. The summed E-state index contributed by atoms with van der Waals surface area (Å²) in [5.41, 5.74) is -1.42. The van der Waals surface area contributed by atoms with E-state index >= 15 is 0 Å². The highest BCUT2D eigenvalue weighted by Crippen LogP contribution is 2.35. The van der Waals surface area contributed by atoms with Gasteiger partial charge in [-0.2, -0.15) is 23.4 Å². The molecule has 6 heteroatoms. The maximum Gasteiger partial charge on any atom is 0.417 e. The quantitative estimate of drug-likeness (QED) is 0.546. The van der Waals surface area contributed by atoms with Crippen LogP contribution >= 0.6 is 0 Å². The van der Waals surface area contributed by atoms with Gasteiger partial charge in [-0.05, 0) is 24.6 Å². The Morgan fingerprint density at radius 2 is 2.00 bits per heavy atom. The minimum atomic E-state index is -4.65. The van der Waals surface area contributed by atoms with Crippen molar-refractivity contribution in [1.82, 2.24) is 0 Å². The third-order valence-electron chi connectivity index (χ3n) is 1.93. The summed E-state index contributed by atoms with van der Waals surface area (Å²) in [6.07, 6.45) is -3.48. The largest absolute Gasteiger partial charge is 0.417 e. The first-order valence-electron chi connectivity index (χ1n) is 4.10. The summed E-state index contributed by atoms with van der Waals surface area (Å²) in [7, 11) is 0. The fourth-order valence-electron chi connectivity index (χ4n) is 1.19. The molecule has 3 nitrogen and oxygen atoms in total. The molecule has 0 bridgehead atoms. The number of rotatable bonds is 1. The van der Waals surface area contributed by atoms with Crippen LogP contribution in [0.25, 0.3) is 0 Å². The number of hydrogen-bond acceptors (Lipinski definition) is 3. The topological polar surface area (TPSA) is 53.2 Å². The highest BCUT2D eigenvalue weighted by molar-refractivity contribution is 5.59.